The van der Waals surface area contributed by atoms with E-state index in [0.717, 1.165) is 6.07 Å². The number of hydroxylamine groups is 1. The first kappa shape index (κ1) is 13.2. The van der Waals surface area contributed by atoms with Gasteiger partial charge in [-0.1, -0.05) is 6.07 Å². The number of amides is 1. The van der Waals surface area contributed by atoms with Crippen LogP contribution in [0.15, 0.2) is 24.3 Å². The molecular formula is C12H14FNO3. The topological polar surface area (TPSA) is 55.4 Å². The average molecular weight is 239 g/mol. The summed E-state index contributed by atoms with van der Waals surface area (Å²) in [5, 5.41) is 0. The smallest absolute Gasteiger partial charge is 0.337 e. The second kappa shape index (κ2) is 4.95. The lowest BCUT2D eigenvalue weighted by Crippen LogP contribution is -2.33. The summed E-state index contributed by atoms with van der Waals surface area (Å²) in [5.74, 6) is -1.76. The largest absolute Gasteiger partial charge is 0.340 e. The Bertz CT molecular complexity index is 438. The molecule has 1 rings (SSSR count). The Morgan fingerprint density at radius 2 is 1.94 bits per heavy atom. The van der Waals surface area contributed by atoms with Crippen LogP contribution < -0.4 is 5.48 Å². The summed E-state index contributed by atoms with van der Waals surface area (Å²) >= 11 is 0. The predicted molar refractivity (Wildman–Crippen MR) is 59.4 cm³/mol. The van der Waals surface area contributed by atoms with Crippen LogP contribution in [0.5, 0.6) is 0 Å². The van der Waals surface area contributed by atoms with E-state index < -0.39 is 23.1 Å². The maximum absolute atomic E-state index is 12.8. The summed E-state index contributed by atoms with van der Waals surface area (Å²) in [6.45, 7) is 4.97. The molecule has 0 atom stereocenters. The molecule has 4 nitrogen and oxygen atoms in total. The number of carbonyl (C=O) groups excluding carboxylic acids is 2. The zero-order valence-corrected chi connectivity index (χ0v) is 9.91. The van der Waals surface area contributed by atoms with Gasteiger partial charge in [-0.05, 0) is 39.0 Å². The molecule has 1 aromatic rings. The molecule has 0 radical (unpaired) electrons. The van der Waals surface area contributed by atoms with Crippen LogP contribution >= 0.6 is 0 Å². The van der Waals surface area contributed by atoms with Crippen LogP contribution in [0.4, 0.5) is 4.39 Å². The predicted octanol–water partition coefficient (Wildman–Crippen LogP) is 2.06. The summed E-state index contributed by atoms with van der Waals surface area (Å²) in [7, 11) is 0. The minimum Gasteiger partial charge on any atom is -0.340 e. The Morgan fingerprint density at radius 1 is 1.29 bits per heavy atom. The molecule has 0 saturated heterocycles. The second-order valence-corrected chi connectivity index (χ2v) is 4.58. The van der Waals surface area contributed by atoms with E-state index in [2.05, 4.69) is 4.84 Å². The van der Waals surface area contributed by atoms with Crippen LogP contribution in [-0.2, 0) is 9.63 Å². The molecule has 5 heteroatoms. The van der Waals surface area contributed by atoms with Crippen molar-refractivity contribution in [3.05, 3.63) is 35.6 Å². The highest BCUT2D eigenvalue weighted by molar-refractivity contribution is 5.94. The quantitative estimate of drug-likeness (QED) is 0.763. The van der Waals surface area contributed by atoms with Gasteiger partial charge >= 0.3 is 5.97 Å². The van der Waals surface area contributed by atoms with E-state index in [4.69, 9.17) is 0 Å². The number of hydrogen-bond acceptors (Lipinski definition) is 3. The fraction of sp³-hybridized carbons (Fsp3) is 0.333. The van der Waals surface area contributed by atoms with Gasteiger partial charge in [0.25, 0.3) is 5.91 Å². The maximum atomic E-state index is 12.8. The monoisotopic (exact) mass is 239 g/mol. The normalized spacial score (nSPS) is 10.8. The van der Waals surface area contributed by atoms with Crippen molar-refractivity contribution in [1.29, 1.82) is 0 Å². The molecule has 0 spiro atoms. The van der Waals surface area contributed by atoms with E-state index in [1.165, 1.54) is 18.2 Å². The van der Waals surface area contributed by atoms with Gasteiger partial charge in [0, 0.05) is 5.56 Å². The summed E-state index contributed by atoms with van der Waals surface area (Å²) in [6, 6.07) is 5.09. The molecule has 0 fully saturated rings. The Balaban J connectivity index is 2.60. The van der Waals surface area contributed by atoms with E-state index in [1.807, 2.05) is 5.48 Å². The van der Waals surface area contributed by atoms with Crippen molar-refractivity contribution in [3.8, 4) is 0 Å². The van der Waals surface area contributed by atoms with Gasteiger partial charge in [0.1, 0.15) is 5.82 Å². The minimum absolute atomic E-state index is 0.0895. The molecule has 1 N–H and O–H groups in total. The number of benzene rings is 1. The fourth-order valence-electron chi connectivity index (χ4n) is 0.934. The summed E-state index contributed by atoms with van der Waals surface area (Å²) in [5.41, 5.74) is 1.35. The maximum Gasteiger partial charge on any atom is 0.337 e. The molecule has 0 heterocycles. The van der Waals surface area contributed by atoms with Crippen LogP contribution in [0.2, 0.25) is 0 Å². The number of halogens is 1. The Labute approximate surface area is 98.7 Å². The van der Waals surface area contributed by atoms with Gasteiger partial charge in [0.2, 0.25) is 0 Å². The molecule has 1 aromatic carbocycles. The van der Waals surface area contributed by atoms with Crippen molar-refractivity contribution >= 4 is 11.9 Å². The van der Waals surface area contributed by atoms with Gasteiger partial charge in [0.05, 0.1) is 5.41 Å². The SMILES string of the molecule is CC(C)(C)C(=O)ONC(=O)c1cccc(F)c1. The van der Waals surface area contributed by atoms with Crippen molar-refractivity contribution in [2.24, 2.45) is 5.41 Å². The van der Waals surface area contributed by atoms with Gasteiger partial charge in [-0.2, -0.15) is 5.48 Å². The van der Waals surface area contributed by atoms with Crippen LogP contribution in [0.1, 0.15) is 31.1 Å². The first-order valence-corrected chi connectivity index (χ1v) is 5.08. The first-order valence-electron chi connectivity index (χ1n) is 5.08. The van der Waals surface area contributed by atoms with Crippen molar-refractivity contribution in [3.63, 3.8) is 0 Å². The van der Waals surface area contributed by atoms with Gasteiger partial charge in [-0.15, -0.1) is 0 Å². The third kappa shape index (κ3) is 3.86. The van der Waals surface area contributed by atoms with E-state index in [1.54, 1.807) is 20.8 Å². The second-order valence-electron chi connectivity index (χ2n) is 4.58. The molecule has 0 unspecified atom stereocenters. The van der Waals surface area contributed by atoms with E-state index in [9.17, 15) is 14.0 Å². The Hall–Kier alpha value is -1.91. The van der Waals surface area contributed by atoms with Crippen LogP contribution in [0.25, 0.3) is 0 Å². The van der Waals surface area contributed by atoms with E-state index in [0.29, 0.717) is 0 Å². The van der Waals surface area contributed by atoms with Crippen molar-refractivity contribution in [1.82, 2.24) is 5.48 Å². The third-order valence-corrected chi connectivity index (χ3v) is 1.94. The van der Waals surface area contributed by atoms with Crippen molar-refractivity contribution in [2.75, 3.05) is 0 Å². The fourth-order valence-corrected chi connectivity index (χ4v) is 0.934. The average Bonchev–Trinajstić information content (AvgIpc) is 2.24. The van der Waals surface area contributed by atoms with E-state index >= 15 is 0 Å². The molecule has 0 aromatic heterocycles. The Kier molecular flexibility index (Phi) is 3.83. The van der Waals surface area contributed by atoms with Crippen LogP contribution in [0.3, 0.4) is 0 Å². The van der Waals surface area contributed by atoms with Gasteiger partial charge in [-0.3, -0.25) is 4.79 Å². The van der Waals surface area contributed by atoms with Gasteiger partial charge in [-0.25, -0.2) is 9.18 Å². The molecule has 1 amide bonds. The Morgan fingerprint density at radius 3 is 2.47 bits per heavy atom. The lowest BCUT2D eigenvalue weighted by Gasteiger charge is -2.15. The number of nitrogens with one attached hydrogen (secondary N) is 1. The third-order valence-electron chi connectivity index (χ3n) is 1.94. The summed E-state index contributed by atoms with van der Waals surface area (Å²) < 4.78 is 12.8. The molecule has 0 bridgehead atoms. The van der Waals surface area contributed by atoms with Gasteiger partial charge < -0.3 is 4.84 Å². The zero-order chi connectivity index (χ0) is 13.1. The van der Waals surface area contributed by atoms with Crippen molar-refractivity contribution in [2.45, 2.75) is 20.8 Å². The molecular weight excluding hydrogens is 225 g/mol. The lowest BCUT2D eigenvalue weighted by molar-refractivity contribution is -0.158. The molecule has 0 aliphatic rings. The van der Waals surface area contributed by atoms with E-state index in [-0.39, 0.29) is 5.56 Å². The van der Waals surface area contributed by atoms with Crippen molar-refractivity contribution < 1.29 is 18.8 Å². The van der Waals surface area contributed by atoms with Crippen LogP contribution in [0, 0.1) is 11.2 Å². The standard InChI is InChI=1S/C12H14FNO3/c1-12(2,3)11(16)17-14-10(15)8-5-4-6-9(13)7-8/h4-7H,1-3H3,(H,14,15). The highest BCUT2D eigenvalue weighted by Gasteiger charge is 2.24. The summed E-state index contributed by atoms with van der Waals surface area (Å²) in [4.78, 5) is 27.4. The highest BCUT2D eigenvalue weighted by atomic mass is 19.1. The van der Waals surface area contributed by atoms with Gasteiger partial charge in [0.15, 0.2) is 0 Å². The number of carbonyl (C=O) groups is 2. The van der Waals surface area contributed by atoms with Crippen LogP contribution in [-0.4, -0.2) is 11.9 Å². The zero-order valence-electron chi connectivity index (χ0n) is 9.91. The lowest BCUT2D eigenvalue weighted by atomic mass is 9.98. The molecule has 0 aliphatic carbocycles. The molecule has 17 heavy (non-hydrogen) atoms. The molecule has 0 saturated carbocycles. The number of rotatable bonds is 1. The molecule has 0 aliphatic heterocycles. The highest BCUT2D eigenvalue weighted by Crippen LogP contribution is 2.14. The summed E-state index contributed by atoms with van der Waals surface area (Å²) in [6.07, 6.45) is 0. The first-order chi connectivity index (χ1) is 7.80. The minimum atomic E-state index is -0.713. The number of hydrogen-bond donors (Lipinski definition) is 1. The molecule has 92 valence electrons.